The van der Waals surface area contributed by atoms with Crippen molar-refractivity contribution in [1.29, 1.82) is 5.26 Å². The summed E-state index contributed by atoms with van der Waals surface area (Å²) in [5.74, 6) is -0.473. The first-order chi connectivity index (χ1) is 9.52. The van der Waals surface area contributed by atoms with Crippen LogP contribution in [0.5, 0.6) is 11.6 Å². The van der Waals surface area contributed by atoms with Crippen LogP contribution in [0.25, 0.3) is 0 Å². The molecule has 0 amide bonds. The van der Waals surface area contributed by atoms with Gasteiger partial charge in [0.15, 0.2) is 0 Å². The Morgan fingerprint density at radius 3 is 2.80 bits per heavy atom. The van der Waals surface area contributed by atoms with Gasteiger partial charge in [-0.3, -0.25) is 0 Å². The molecule has 1 heterocycles. The van der Waals surface area contributed by atoms with E-state index >= 15 is 0 Å². The molecule has 0 saturated heterocycles. The summed E-state index contributed by atoms with van der Waals surface area (Å²) in [5, 5.41) is 17.9. The van der Waals surface area contributed by atoms with E-state index in [-0.39, 0.29) is 22.0 Å². The minimum absolute atomic E-state index is 0.108. The van der Waals surface area contributed by atoms with Gasteiger partial charge in [0.2, 0.25) is 5.88 Å². The zero-order valence-electron chi connectivity index (χ0n) is 10.4. The fourth-order valence-electron chi connectivity index (χ4n) is 1.58. The molecule has 100 valence electrons. The van der Waals surface area contributed by atoms with Crippen molar-refractivity contribution in [3.63, 3.8) is 0 Å². The first-order valence-corrected chi connectivity index (χ1v) is 5.97. The van der Waals surface area contributed by atoms with Crippen molar-refractivity contribution in [2.24, 2.45) is 0 Å². The molecule has 0 saturated carbocycles. The highest BCUT2D eigenvalue weighted by Crippen LogP contribution is 2.31. The van der Waals surface area contributed by atoms with Crippen molar-refractivity contribution < 1.29 is 14.6 Å². The lowest BCUT2D eigenvalue weighted by molar-refractivity contribution is 0.0697. The van der Waals surface area contributed by atoms with Crippen molar-refractivity contribution in [3.8, 4) is 17.7 Å². The fraction of sp³-hybridized carbons (Fsp3) is 0.0714. The Kier molecular flexibility index (Phi) is 3.87. The number of ether oxygens (including phenoxy) is 1. The lowest BCUT2D eigenvalue weighted by Gasteiger charge is -2.10. The molecule has 20 heavy (non-hydrogen) atoms. The van der Waals surface area contributed by atoms with Gasteiger partial charge >= 0.3 is 5.97 Å². The van der Waals surface area contributed by atoms with Gasteiger partial charge in [-0.2, -0.15) is 5.26 Å². The number of halogens is 1. The van der Waals surface area contributed by atoms with Crippen LogP contribution in [0.15, 0.2) is 30.5 Å². The van der Waals surface area contributed by atoms with E-state index in [0.29, 0.717) is 11.3 Å². The van der Waals surface area contributed by atoms with E-state index in [1.807, 2.05) is 6.07 Å². The fourth-order valence-corrected chi connectivity index (χ4v) is 1.78. The number of nitriles is 1. The molecule has 1 aromatic heterocycles. The number of hydrogen-bond donors (Lipinski definition) is 1. The molecule has 5 nitrogen and oxygen atoms in total. The number of pyridine rings is 1. The number of aromatic nitrogens is 1. The van der Waals surface area contributed by atoms with Gasteiger partial charge in [0.05, 0.1) is 11.1 Å². The number of carbonyl (C=O) groups is 1. The molecule has 2 rings (SSSR count). The van der Waals surface area contributed by atoms with E-state index in [1.165, 1.54) is 30.5 Å². The van der Waals surface area contributed by atoms with Gasteiger partial charge < -0.3 is 9.84 Å². The van der Waals surface area contributed by atoms with E-state index < -0.39 is 5.97 Å². The van der Waals surface area contributed by atoms with Crippen LogP contribution in [-0.2, 0) is 0 Å². The number of benzene rings is 1. The molecule has 0 bridgehead atoms. The lowest BCUT2D eigenvalue weighted by atomic mass is 10.1. The third kappa shape index (κ3) is 2.71. The zero-order valence-corrected chi connectivity index (χ0v) is 11.2. The number of nitrogens with zero attached hydrogens (tertiary/aromatic N) is 2. The van der Waals surface area contributed by atoms with Crippen molar-refractivity contribution in [2.45, 2.75) is 6.92 Å². The average molecular weight is 289 g/mol. The molecule has 0 atom stereocenters. The normalized spacial score (nSPS) is 9.85. The van der Waals surface area contributed by atoms with Crippen molar-refractivity contribution in [3.05, 3.63) is 52.2 Å². The summed E-state index contributed by atoms with van der Waals surface area (Å²) in [6, 6.07) is 7.84. The number of rotatable bonds is 3. The van der Waals surface area contributed by atoms with Crippen LogP contribution in [0.2, 0.25) is 5.02 Å². The highest BCUT2D eigenvalue weighted by molar-refractivity contribution is 6.33. The SMILES string of the molecule is Cc1cc(C(=O)O)ccc1Oc1nccc(C#N)c1Cl. The molecule has 0 spiro atoms. The van der Waals surface area contributed by atoms with Gasteiger partial charge in [0.25, 0.3) is 0 Å². The summed E-state index contributed by atoms with van der Waals surface area (Å²) < 4.78 is 5.53. The van der Waals surface area contributed by atoms with Gasteiger partial charge in [-0.15, -0.1) is 0 Å². The van der Waals surface area contributed by atoms with Gasteiger partial charge in [-0.1, -0.05) is 11.6 Å². The van der Waals surface area contributed by atoms with Crippen LogP contribution >= 0.6 is 11.6 Å². The number of hydrogen-bond acceptors (Lipinski definition) is 4. The highest BCUT2D eigenvalue weighted by Gasteiger charge is 2.12. The second-order valence-electron chi connectivity index (χ2n) is 3.98. The van der Waals surface area contributed by atoms with Crippen LogP contribution in [0.3, 0.4) is 0 Å². The zero-order chi connectivity index (χ0) is 14.7. The van der Waals surface area contributed by atoms with Crippen LogP contribution in [0.1, 0.15) is 21.5 Å². The number of carboxylic acid groups (broad SMARTS) is 1. The second-order valence-corrected chi connectivity index (χ2v) is 4.35. The Hall–Kier alpha value is -2.58. The minimum atomic E-state index is -1.01. The molecule has 0 aliphatic carbocycles. The Balaban J connectivity index is 2.36. The molecule has 1 aromatic carbocycles. The maximum atomic E-state index is 10.9. The van der Waals surface area contributed by atoms with Crippen molar-refractivity contribution >= 4 is 17.6 Å². The Morgan fingerprint density at radius 2 is 2.20 bits per heavy atom. The summed E-state index contributed by atoms with van der Waals surface area (Å²) in [7, 11) is 0. The lowest BCUT2D eigenvalue weighted by Crippen LogP contribution is -1.98. The monoisotopic (exact) mass is 288 g/mol. The standard InChI is InChI=1S/C14H9ClN2O3/c1-8-6-9(14(18)19)2-3-11(8)20-13-12(15)10(7-16)4-5-17-13/h2-6H,1H3,(H,18,19). The third-order valence-corrected chi connectivity index (χ3v) is 2.97. The summed E-state index contributed by atoms with van der Waals surface area (Å²) in [6.45, 7) is 1.71. The maximum Gasteiger partial charge on any atom is 0.335 e. The Labute approximate surface area is 120 Å². The van der Waals surface area contributed by atoms with E-state index in [4.69, 9.17) is 26.7 Å². The summed E-state index contributed by atoms with van der Waals surface area (Å²) in [5.41, 5.74) is 1.06. The van der Waals surface area contributed by atoms with Gasteiger partial charge in [-0.25, -0.2) is 9.78 Å². The Bertz CT molecular complexity index is 723. The van der Waals surface area contributed by atoms with Crippen LogP contribution in [-0.4, -0.2) is 16.1 Å². The predicted molar refractivity (Wildman–Crippen MR) is 72.2 cm³/mol. The predicted octanol–water partition coefficient (Wildman–Crippen LogP) is 3.41. The van der Waals surface area contributed by atoms with E-state index in [2.05, 4.69) is 4.98 Å². The average Bonchev–Trinajstić information content (AvgIpc) is 2.43. The quantitative estimate of drug-likeness (QED) is 0.935. The van der Waals surface area contributed by atoms with Crippen molar-refractivity contribution in [2.75, 3.05) is 0 Å². The summed E-state index contributed by atoms with van der Waals surface area (Å²) in [4.78, 5) is 14.8. The molecule has 6 heteroatoms. The largest absolute Gasteiger partial charge is 0.478 e. The van der Waals surface area contributed by atoms with Crippen LogP contribution in [0.4, 0.5) is 0 Å². The first-order valence-electron chi connectivity index (χ1n) is 5.59. The van der Waals surface area contributed by atoms with Gasteiger partial charge in [-0.05, 0) is 36.8 Å². The van der Waals surface area contributed by atoms with Crippen LogP contribution in [0, 0.1) is 18.3 Å². The van der Waals surface area contributed by atoms with E-state index in [9.17, 15) is 4.79 Å². The van der Waals surface area contributed by atoms with E-state index in [0.717, 1.165) is 0 Å². The second kappa shape index (κ2) is 5.59. The third-order valence-electron chi connectivity index (χ3n) is 2.61. The first kappa shape index (κ1) is 13.8. The number of aromatic carboxylic acids is 1. The molecule has 2 aromatic rings. The molecule has 0 aliphatic heterocycles. The molecule has 0 fully saturated rings. The number of aryl methyl sites for hydroxylation is 1. The molecule has 0 unspecified atom stereocenters. The molecular weight excluding hydrogens is 280 g/mol. The summed E-state index contributed by atoms with van der Waals surface area (Å²) >= 11 is 5.99. The smallest absolute Gasteiger partial charge is 0.335 e. The maximum absolute atomic E-state index is 10.9. The highest BCUT2D eigenvalue weighted by atomic mass is 35.5. The van der Waals surface area contributed by atoms with Crippen molar-refractivity contribution in [1.82, 2.24) is 4.98 Å². The summed E-state index contributed by atoms with van der Waals surface area (Å²) in [6.07, 6.45) is 1.42. The topological polar surface area (TPSA) is 83.2 Å². The molecule has 0 aliphatic rings. The van der Waals surface area contributed by atoms with Gasteiger partial charge in [0, 0.05) is 6.20 Å². The van der Waals surface area contributed by atoms with E-state index in [1.54, 1.807) is 6.92 Å². The number of carboxylic acids is 1. The van der Waals surface area contributed by atoms with Gasteiger partial charge in [0.1, 0.15) is 16.8 Å². The Morgan fingerprint density at radius 1 is 1.45 bits per heavy atom. The minimum Gasteiger partial charge on any atom is -0.478 e. The van der Waals surface area contributed by atoms with Crippen LogP contribution < -0.4 is 4.74 Å². The molecule has 0 radical (unpaired) electrons. The molecular formula is C14H9ClN2O3. The molecule has 1 N–H and O–H groups in total.